The van der Waals surface area contributed by atoms with Crippen LogP contribution in [-0.2, 0) is 21.2 Å². The number of piperazine rings is 1. The molecule has 1 saturated heterocycles. The number of sulfonamides is 1. The number of fused-ring (bicyclic) bond motifs is 1. The maximum Gasteiger partial charge on any atom is 0.236 e. The highest BCUT2D eigenvalue weighted by Crippen LogP contribution is 2.37. The lowest BCUT2D eigenvalue weighted by atomic mass is 10.1. The van der Waals surface area contributed by atoms with Gasteiger partial charge in [-0.3, -0.25) is 4.79 Å². The van der Waals surface area contributed by atoms with E-state index in [1.165, 1.54) is 14.8 Å². The Hall–Kier alpha value is -1.05. The second kappa shape index (κ2) is 6.22. The van der Waals surface area contributed by atoms with Crippen LogP contribution in [0.3, 0.4) is 0 Å². The highest BCUT2D eigenvalue weighted by atomic mass is 32.2. The van der Waals surface area contributed by atoms with Gasteiger partial charge in [0.25, 0.3) is 0 Å². The summed E-state index contributed by atoms with van der Waals surface area (Å²) in [6.45, 7) is 3.45. The number of carbonyl (C=O) groups excluding carboxylic acids is 1. The van der Waals surface area contributed by atoms with Crippen LogP contribution in [0.1, 0.15) is 12.5 Å². The van der Waals surface area contributed by atoms with Crippen molar-refractivity contribution in [1.82, 2.24) is 9.21 Å². The molecule has 1 unspecified atom stereocenters. The number of benzene rings is 1. The molecule has 1 aromatic rings. The molecule has 1 fully saturated rings. The molecule has 1 atom stereocenters. The molecule has 2 aliphatic heterocycles. The minimum absolute atomic E-state index is 0.0632. The van der Waals surface area contributed by atoms with Gasteiger partial charge >= 0.3 is 0 Å². The fraction of sp³-hybridized carbons (Fsp3) is 0.533. The van der Waals surface area contributed by atoms with Crippen molar-refractivity contribution in [2.75, 3.05) is 31.9 Å². The Kier molecular flexibility index (Phi) is 4.47. The van der Waals surface area contributed by atoms with Crippen LogP contribution in [0.4, 0.5) is 0 Å². The lowest BCUT2D eigenvalue weighted by molar-refractivity contribution is -0.131. The molecule has 2 aliphatic rings. The van der Waals surface area contributed by atoms with E-state index >= 15 is 0 Å². The lowest BCUT2D eigenvalue weighted by Gasteiger charge is -2.34. The van der Waals surface area contributed by atoms with Crippen molar-refractivity contribution in [3.05, 3.63) is 29.8 Å². The summed E-state index contributed by atoms with van der Waals surface area (Å²) < 4.78 is 25.2. The summed E-state index contributed by atoms with van der Waals surface area (Å²) >= 11 is 1.63. The van der Waals surface area contributed by atoms with E-state index in [-0.39, 0.29) is 16.9 Å². The van der Waals surface area contributed by atoms with Crippen LogP contribution >= 0.6 is 11.8 Å². The molecule has 2 heterocycles. The zero-order chi connectivity index (χ0) is 15.7. The van der Waals surface area contributed by atoms with Crippen molar-refractivity contribution in [3.63, 3.8) is 0 Å². The Morgan fingerprint density at radius 2 is 1.91 bits per heavy atom. The van der Waals surface area contributed by atoms with Crippen molar-refractivity contribution >= 4 is 27.7 Å². The first-order valence-electron chi connectivity index (χ1n) is 7.52. The van der Waals surface area contributed by atoms with E-state index in [0.29, 0.717) is 26.2 Å². The van der Waals surface area contributed by atoms with Crippen molar-refractivity contribution in [2.45, 2.75) is 23.5 Å². The summed E-state index contributed by atoms with van der Waals surface area (Å²) in [5, 5.41) is -0.0632. The summed E-state index contributed by atoms with van der Waals surface area (Å²) in [7, 11) is -3.14. The van der Waals surface area contributed by atoms with Gasteiger partial charge in [0.1, 0.15) is 0 Å². The molecular weight excluding hydrogens is 320 g/mol. The van der Waals surface area contributed by atoms with Crippen LogP contribution in [-0.4, -0.2) is 60.7 Å². The largest absolute Gasteiger partial charge is 0.339 e. The first-order chi connectivity index (χ1) is 10.5. The Bertz CT molecular complexity index is 642. The van der Waals surface area contributed by atoms with E-state index in [2.05, 4.69) is 12.1 Å². The maximum atomic E-state index is 12.6. The molecule has 1 aromatic carbocycles. The van der Waals surface area contributed by atoms with Gasteiger partial charge < -0.3 is 4.90 Å². The molecule has 0 saturated carbocycles. The molecule has 3 rings (SSSR count). The molecule has 0 N–H and O–H groups in total. The molecule has 0 bridgehead atoms. The monoisotopic (exact) mass is 340 g/mol. The molecule has 22 heavy (non-hydrogen) atoms. The van der Waals surface area contributed by atoms with E-state index in [0.717, 1.165) is 6.42 Å². The normalized spacial score (nSPS) is 22.6. The SMILES string of the molecule is CCS(=O)(=O)N1CCN(C(=O)C2Cc3ccccc3S2)CC1. The average molecular weight is 340 g/mol. The number of thioether (sulfide) groups is 1. The van der Waals surface area contributed by atoms with Crippen molar-refractivity contribution < 1.29 is 13.2 Å². The average Bonchev–Trinajstić information content (AvgIpc) is 2.98. The zero-order valence-corrected chi connectivity index (χ0v) is 14.2. The van der Waals surface area contributed by atoms with Crippen LogP contribution in [0.15, 0.2) is 29.2 Å². The van der Waals surface area contributed by atoms with E-state index in [4.69, 9.17) is 0 Å². The second-order valence-corrected chi connectivity index (χ2v) is 9.05. The quantitative estimate of drug-likeness (QED) is 0.830. The molecule has 1 amide bonds. The Balaban J connectivity index is 1.60. The van der Waals surface area contributed by atoms with E-state index < -0.39 is 10.0 Å². The van der Waals surface area contributed by atoms with Crippen LogP contribution in [0.25, 0.3) is 0 Å². The van der Waals surface area contributed by atoms with Gasteiger partial charge in [-0.15, -0.1) is 11.8 Å². The van der Waals surface area contributed by atoms with Gasteiger partial charge in [0.05, 0.1) is 11.0 Å². The number of carbonyl (C=O) groups is 1. The Labute approximate surface area is 135 Å². The van der Waals surface area contributed by atoms with Crippen molar-refractivity contribution in [3.8, 4) is 0 Å². The highest BCUT2D eigenvalue weighted by molar-refractivity contribution is 8.01. The Morgan fingerprint density at radius 3 is 2.55 bits per heavy atom. The van der Waals surface area contributed by atoms with Gasteiger partial charge in [-0.05, 0) is 25.0 Å². The third-order valence-electron chi connectivity index (χ3n) is 4.23. The van der Waals surface area contributed by atoms with Gasteiger partial charge in [-0.1, -0.05) is 18.2 Å². The summed E-state index contributed by atoms with van der Waals surface area (Å²) in [5.74, 6) is 0.254. The molecule has 120 valence electrons. The van der Waals surface area contributed by atoms with Gasteiger partial charge in [0, 0.05) is 31.1 Å². The summed E-state index contributed by atoms with van der Waals surface area (Å²) in [6.07, 6.45) is 0.771. The summed E-state index contributed by atoms with van der Waals surface area (Å²) in [5.41, 5.74) is 1.23. The highest BCUT2D eigenvalue weighted by Gasteiger charge is 2.34. The fourth-order valence-corrected chi connectivity index (χ4v) is 5.26. The molecule has 0 aromatic heterocycles. The number of nitrogens with zero attached hydrogens (tertiary/aromatic N) is 2. The van der Waals surface area contributed by atoms with Crippen LogP contribution in [0, 0.1) is 0 Å². The van der Waals surface area contributed by atoms with Gasteiger partial charge in [0.2, 0.25) is 15.9 Å². The molecule has 5 nitrogen and oxygen atoms in total. The van der Waals surface area contributed by atoms with Gasteiger partial charge in [-0.25, -0.2) is 8.42 Å². The predicted octanol–water partition coefficient (Wildman–Crippen LogP) is 1.20. The number of rotatable bonds is 3. The van der Waals surface area contributed by atoms with Crippen molar-refractivity contribution in [1.29, 1.82) is 0 Å². The number of hydrogen-bond donors (Lipinski definition) is 0. The van der Waals surface area contributed by atoms with Gasteiger partial charge in [-0.2, -0.15) is 4.31 Å². The van der Waals surface area contributed by atoms with Crippen molar-refractivity contribution in [2.24, 2.45) is 0 Å². The fourth-order valence-electron chi connectivity index (χ4n) is 2.89. The van der Waals surface area contributed by atoms with Crippen LogP contribution < -0.4 is 0 Å². The predicted molar refractivity (Wildman–Crippen MR) is 87.4 cm³/mol. The molecule has 0 aliphatic carbocycles. The first kappa shape index (κ1) is 15.8. The molecule has 0 spiro atoms. The topological polar surface area (TPSA) is 57.7 Å². The molecular formula is C15H20N2O3S2. The minimum atomic E-state index is -3.14. The summed E-state index contributed by atoms with van der Waals surface area (Å²) in [6, 6.07) is 8.12. The first-order valence-corrected chi connectivity index (χ1v) is 10.0. The van der Waals surface area contributed by atoms with E-state index in [1.54, 1.807) is 18.7 Å². The minimum Gasteiger partial charge on any atom is -0.339 e. The van der Waals surface area contributed by atoms with Crippen LogP contribution in [0.2, 0.25) is 0 Å². The number of hydrogen-bond acceptors (Lipinski definition) is 4. The molecule has 7 heteroatoms. The zero-order valence-electron chi connectivity index (χ0n) is 12.6. The third-order valence-corrected chi connectivity index (χ3v) is 7.42. The lowest BCUT2D eigenvalue weighted by Crippen LogP contribution is -2.52. The Morgan fingerprint density at radius 1 is 1.23 bits per heavy atom. The molecule has 0 radical (unpaired) electrons. The van der Waals surface area contributed by atoms with E-state index in [9.17, 15) is 13.2 Å². The van der Waals surface area contributed by atoms with E-state index in [1.807, 2.05) is 17.0 Å². The number of amides is 1. The maximum absolute atomic E-state index is 12.6. The standard InChI is InChI=1S/C15H20N2O3S2/c1-2-22(19,20)17-9-7-16(8-10-17)15(18)14-11-12-5-3-4-6-13(12)21-14/h3-6,14H,2,7-11H2,1H3. The smallest absolute Gasteiger partial charge is 0.236 e. The van der Waals surface area contributed by atoms with Crippen LogP contribution in [0.5, 0.6) is 0 Å². The van der Waals surface area contributed by atoms with Gasteiger partial charge in [0.15, 0.2) is 0 Å². The second-order valence-electron chi connectivity index (χ2n) is 5.54. The third kappa shape index (κ3) is 3.02. The summed E-state index contributed by atoms with van der Waals surface area (Å²) in [4.78, 5) is 15.6.